The second-order valence-corrected chi connectivity index (χ2v) is 3.85. The molecule has 0 bridgehead atoms. The lowest BCUT2D eigenvalue weighted by Gasteiger charge is -2.09. The van der Waals surface area contributed by atoms with Gasteiger partial charge in [-0.25, -0.2) is 4.79 Å². The lowest BCUT2D eigenvalue weighted by molar-refractivity contribution is -0.134. The molecule has 102 valence electrons. The van der Waals surface area contributed by atoms with Crippen molar-refractivity contribution < 1.29 is 19.1 Å². The third-order valence-electron chi connectivity index (χ3n) is 2.35. The minimum absolute atomic E-state index is 0.188. The number of carbonyl (C=O) groups excluding carboxylic acids is 3. The van der Waals surface area contributed by atoms with Gasteiger partial charge in [0.1, 0.15) is 0 Å². The number of benzene rings is 1. The molecule has 0 radical (unpaired) electrons. The maximum atomic E-state index is 11.8. The number of amides is 2. The van der Waals surface area contributed by atoms with Crippen molar-refractivity contribution in [1.29, 1.82) is 0 Å². The van der Waals surface area contributed by atoms with Gasteiger partial charge in [-0.3, -0.25) is 9.59 Å². The molecule has 0 aliphatic carbocycles. The third-order valence-corrected chi connectivity index (χ3v) is 2.35. The number of esters is 1. The van der Waals surface area contributed by atoms with Crippen LogP contribution in [0.3, 0.4) is 0 Å². The first kappa shape index (κ1) is 14.7. The number of para-hydroxylation sites is 1. The predicted molar refractivity (Wildman–Crippen MR) is 69.5 cm³/mol. The molecule has 0 unspecified atom stereocenters. The van der Waals surface area contributed by atoms with Crippen LogP contribution in [0, 0.1) is 0 Å². The molecule has 0 atom stereocenters. The van der Waals surface area contributed by atoms with E-state index < -0.39 is 17.8 Å². The van der Waals surface area contributed by atoms with E-state index in [-0.39, 0.29) is 11.3 Å². The second kappa shape index (κ2) is 7.15. The normalized spacial score (nSPS) is 9.74. The van der Waals surface area contributed by atoms with Gasteiger partial charge in [0, 0.05) is 0 Å². The van der Waals surface area contributed by atoms with Gasteiger partial charge in [0.15, 0.2) is 0 Å². The summed E-state index contributed by atoms with van der Waals surface area (Å²) in [5.41, 5.74) is 5.23. The molecular weight excluding hydrogens is 248 g/mol. The third kappa shape index (κ3) is 4.42. The van der Waals surface area contributed by atoms with Gasteiger partial charge in [0.05, 0.1) is 17.9 Å². The van der Waals surface area contributed by atoms with Crippen molar-refractivity contribution in [3.63, 3.8) is 0 Å². The van der Waals surface area contributed by atoms with E-state index in [0.29, 0.717) is 6.61 Å². The zero-order chi connectivity index (χ0) is 14.3. The molecule has 6 nitrogen and oxygen atoms in total. The number of ether oxygens (including phenoxy) is 1. The molecule has 1 rings (SSSR count). The zero-order valence-electron chi connectivity index (χ0n) is 10.6. The topological polar surface area (TPSA) is 98.5 Å². The van der Waals surface area contributed by atoms with Crippen LogP contribution >= 0.6 is 0 Å². The van der Waals surface area contributed by atoms with Crippen LogP contribution in [0.5, 0.6) is 0 Å². The Morgan fingerprint density at radius 1 is 1.26 bits per heavy atom. The number of hydrogen-bond donors (Lipinski definition) is 2. The Balaban J connectivity index is 2.80. The Kier molecular flexibility index (Phi) is 5.53. The first-order valence-electron chi connectivity index (χ1n) is 5.93. The summed E-state index contributed by atoms with van der Waals surface area (Å²) in [6.45, 7) is 2.29. The van der Waals surface area contributed by atoms with E-state index in [1.807, 2.05) is 6.92 Å². The largest absolute Gasteiger partial charge is 0.462 e. The fourth-order valence-corrected chi connectivity index (χ4v) is 1.34. The molecule has 0 spiro atoms. The molecule has 0 saturated carbocycles. The average Bonchev–Trinajstić information content (AvgIpc) is 2.39. The molecule has 0 aliphatic heterocycles. The predicted octanol–water partition coefficient (Wildman–Crippen LogP) is 1.07. The lowest BCUT2D eigenvalue weighted by Crippen LogP contribution is -2.30. The van der Waals surface area contributed by atoms with Gasteiger partial charge in [-0.2, -0.15) is 0 Å². The second-order valence-electron chi connectivity index (χ2n) is 3.85. The first-order valence-corrected chi connectivity index (χ1v) is 5.93. The van der Waals surface area contributed by atoms with Crippen molar-refractivity contribution in [2.75, 3.05) is 11.9 Å². The molecule has 6 heteroatoms. The summed E-state index contributed by atoms with van der Waals surface area (Å²) in [6, 6.07) is 6.26. The maximum Gasteiger partial charge on any atom is 0.340 e. The van der Waals surface area contributed by atoms with Crippen LogP contribution in [0.2, 0.25) is 0 Å². The molecule has 0 aromatic heterocycles. The Bertz CT molecular complexity index is 485. The molecule has 0 heterocycles. The minimum atomic E-state index is -1.12. The molecule has 1 aromatic rings. The van der Waals surface area contributed by atoms with Crippen LogP contribution in [-0.4, -0.2) is 24.4 Å². The maximum absolute atomic E-state index is 11.8. The lowest BCUT2D eigenvalue weighted by atomic mass is 10.2. The Morgan fingerprint density at radius 3 is 2.58 bits per heavy atom. The highest BCUT2D eigenvalue weighted by atomic mass is 16.5. The summed E-state index contributed by atoms with van der Waals surface area (Å²) in [5, 5.41) is 2.27. The van der Waals surface area contributed by atoms with Crippen molar-refractivity contribution in [3.8, 4) is 0 Å². The average molecular weight is 264 g/mol. The van der Waals surface area contributed by atoms with Crippen LogP contribution in [0.1, 0.15) is 30.1 Å². The highest BCUT2D eigenvalue weighted by Crippen LogP contribution is 2.16. The molecule has 0 fully saturated rings. The molecule has 1 aromatic carbocycles. The van der Waals surface area contributed by atoms with E-state index in [0.717, 1.165) is 12.8 Å². The highest BCUT2D eigenvalue weighted by molar-refractivity contribution is 6.39. The van der Waals surface area contributed by atoms with E-state index in [4.69, 9.17) is 10.5 Å². The van der Waals surface area contributed by atoms with Crippen LogP contribution in [0.15, 0.2) is 24.3 Å². The SMILES string of the molecule is CCCCOC(=O)c1ccccc1NC(=O)C(N)=O. The summed E-state index contributed by atoms with van der Waals surface area (Å²) in [4.78, 5) is 33.7. The van der Waals surface area contributed by atoms with E-state index in [2.05, 4.69) is 5.32 Å². The van der Waals surface area contributed by atoms with Gasteiger partial charge in [0.2, 0.25) is 0 Å². The summed E-state index contributed by atoms with van der Waals surface area (Å²) in [5.74, 6) is -2.64. The summed E-state index contributed by atoms with van der Waals surface area (Å²) in [7, 11) is 0. The number of primary amides is 1. The van der Waals surface area contributed by atoms with E-state index in [1.165, 1.54) is 12.1 Å². The standard InChI is InChI=1S/C13H16N2O4/c1-2-3-8-19-13(18)9-6-4-5-7-10(9)15-12(17)11(14)16/h4-7H,2-3,8H2,1H3,(H2,14,16)(H,15,17). The number of hydrogen-bond acceptors (Lipinski definition) is 4. The summed E-state index contributed by atoms with van der Waals surface area (Å²) in [6.07, 6.45) is 1.68. The van der Waals surface area contributed by atoms with Gasteiger partial charge in [-0.15, -0.1) is 0 Å². The number of unbranched alkanes of at least 4 members (excludes halogenated alkanes) is 1. The van der Waals surface area contributed by atoms with Crippen molar-refractivity contribution in [3.05, 3.63) is 29.8 Å². The molecule has 0 saturated heterocycles. The quantitative estimate of drug-likeness (QED) is 0.472. The molecule has 19 heavy (non-hydrogen) atoms. The van der Waals surface area contributed by atoms with Crippen molar-refractivity contribution in [2.45, 2.75) is 19.8 Å². The molecular formula is C13H16N2O4. The van der Waals surface area contributed by atoms with Crippen molar-refractivity contribution in [1.82, 2.24) is 0 Å². The van der Waals surface area contributed by atoms with E-state index in [1.54, 1.807) is 12.1 Å². The van der Waals surface area contributed by atoms with E-state index >= 15 is 0 Å². The van der Waals surface area contributed by atoms with Gasteiger partial charge in [-0.05, 0) is 18.6 Å². The smallest absolute Gasteiger partial charge is 0.340 e. The number of anilines is 1. The molecule has 3 N–H and O–H groups in total. The zero-order valence-corrected chi connectivity index (χ0v) is 10.6. The van der Waals surface area contributed by atoms with Crippen LogP contribution in [0.25, 0.3) is 0 Å². The number of nitrogens with one attached hydrogen (secondary N) is 1. The minimum Gasteiger partial charge on any atom is -0.462 e. The molecule has 2 amide bonds. The van der Waals surface area contributed by atoms with Crippen molar-refractivity contribution >= 4 is 23.5 Å². The monoisotopic (exact) mass is 264 g/mol. The van der Waals surface area contributed by atoms with Gasteiger partial charge in [-0.1, -0.05) is 25.5 Å². The van der Waals surface area contributed by atoms with E-state index in [9.17, 15) is 14.4 Å². The Hall–Kier alpha value is -2.37. The highest BCUT2D eigenvalue weighted by Gasteiger charge is 2.16. The number of nitrogens with two attached hydrogens (primary N) is 1. The number of carbonyl (C=O) groups is 3. The summed E-state index contributed by atoms with van der Waals surface area (Å²) < 4.78 is 5.04. The first-order chi connectivity index (χ1) is 9.06. The van der Waals surface area contributed by atoms with Crippen LogP contribution < -0.4 is 11.1 Å². The van der Waals surface area contributed by atoms with Crippen LogP contribution in [-0.2, 0) is 14.3 Å². The van der Waals surface area contributed by atoms with Gasteiger partial charge in [0.25, 0.3) is 0 Å². The summed E-state index contributed by atoms with van der Waals surface area (Å²) >= 11 is 0. The van der Waals surface area contributed by atoms with Gasteiger partial charge >= 0.3 is 17.8 Å². The Morgan fingerprint density at radius 2 is 1.95 bits per heavy atom. The van der Waals surface area contributed by atoms with Crippen LogP contribution in [0.4, 0.5) is 5.69 Å². The van der Waals surface area contributed by atoms with Crippen molar-refractivity contribution in [2.24, 2.45) is 5.73 Å². The fraction of sp³-hybridized carbons (Fsp3) is 0.308. The number of rotatable bonds is 5. The van der Waals surface area contributed by atoms with Gasteiger partial charge < -0.3 is 15.8 Å². The fourth-order valence-electron chi connectivity index (χ4n) is 1.34. The molecule has 0 aliphatic rings. The Labute approximate surface area is 110 Å².